The van der Waals surface area contributed by atoms with Gasteiger partial charge in [-0.2, -0.15) is 13.2 Å². The third-order valence-electron chi connectivity index (χ3n) is 2.03. The number of carbonyl (C=O) groups is 1. The molecule has 0 spiro atoms. The SMILES string of the molecule is NC(=O)c1cc(N)ccc1NCCC(F)(F)F. The number of amides is 1. The lowest BCUT2D eigenvalue weighted by atomic mass is 10.1. The molecule has 0 unspecified atom stereocenters. The molecule has 1 amide bonds. The van der Waals surface area contributed by atoms with Crippen molar-refractivity contribution >= 4 is 17.3 Å². The molecule has 7 heteroatoms. The summed E-state index contributed by atoms with van der Waals surface area (Å²) in [6, 6.07) is 4.21. The van der Waals surface area contributed by atoms with E-state index < -0.39 is 18.5 Å². The van der Waals surface area contributed by atoms with E-state index in [1.54, 1.807) is 0 Å². The number of nitrogens with two attached hydrogens (primary N) is 2. The smallest absolute Gasteiger partial charge is 0.390 e. The summed E-state index contributed by atoms with van der Waals surface area (Å²) in [5.41, 5.74) is 11.2. The summed E-state index contributed by atoms with van der Waals surface area (Å²) in [5.74, 6) is -0.744. The molecule has 0 saturated heterocycles. The Morgan fingerprint density at radius 3 is 2.53 bits per heavy atom. The maximum atomic E-state index is 11.9. The van der Waals surface area contributed by atoms with Crippen molar-refractivity contribution in [1.29, 1.82) is 0 Å². The van der Waals surface area contributed by atoms with E-state index >= 15 is 0 Å². The van der Waals surface area contributed by atoms with Gasteiger partial charge in [-0.3, -0.25) is 4.79 Å². The second kappa shape index (κ2) is 4.94. The first-order chi connectivity index (χ1) is 7.79. The van der Waals surface area contributed by atoms with Crippen LogP contribution in [0.5, 0.6) is 0 Å². The molecule has 1 rings (SSSR count). The largest absolute Gasteiger partial charge is 0.399 e. The minimum absolute atomic E-state index is 0.0761. The number of anilines is 2. The molecule has 0 aliphatic carbocycles. The monoisotopic (exact) mass is 247 g/mol. The molecule has 0 atom stereocenters. The van der Waals surface area contributed by atoms with Crippen LogP contribution in [0, 0.1) is 0 Å². The fourth-order valence-corrected chi connectivity index (χ4v) is 1.26. The average molecular weight is 247 g/mol. The minimum atomic E-state index is -4.24. The van der Waals surface area contributed by atoms with E-state index in [2.05, 4.69) is 5.32 Å². The molecule has 0 radical (unpaired) electrons. The van der Waals surface area contributed by atoms with Crippen molar-refractivity contribution < 1.29 is 18.0 Å². The molecular weight excluding hydrogens is 235 g/mol. The maximum absolute atomic E-state index is 11.9. The Balaban J connectivity index is 2.74. The Bertz CT molecular complexity index is 418. The van der Waals surface area contributed by atoms with Gasteiger partial charge in [-0.15, -0.1) is 0 Å². The molecule has 0 aliphatic rings. The first-order valence-electron chi connectivity index (χ1n) is 4.79. The fourth-order valence-electron chi connectivity index (χ4n) is 1.26. The molecule has 0 aromatic heterocycles. The number of benzene rings is 1. The van der Waals surface area contributed by atoms with Crippen molar-refractivity contribution in [2.24, 2.45) is 5.73 Å². The summed E-state index contributed by atoms with van der Waals surface area (Å²) in [6.45, 7) is -0.326. The molecule has 17 heavy (non-hydrogen) atoms. The van der Waals surface area contributed by atoms with Crippen molar-refractivity contribution in [2.75, 3.05) is 17.6 Å². The van der Waals surface area contributed by atoms with E-state index in [-0.39, 0.29) is 17.8 Å². The van der Waals surface area contributed by atoms with Gasteiger partial charge in [0.1, 0.15) is 0 Å². The van der Waals surface area contributed by atoms with E-state index in [9.17, 15) is 18.0 Å². The van der Waals surface area contributed by atoms with E-state index in [0.717, 1.165) is 0 Å². The first kappa shape index (κ1) is 13.1. The summed E-state index contributed by atoms with van der Waals surface area (Å²) >= 11 is 0. The number of nitrogens with one attached hydrogen (secondary N) is 1. The average Bonchev–Trinajstić information content (AvgIpc) is 2.18. The quantitative estimate of drug-likeness (QED) is 0.709. The molecule has 0 bridgehead atoms. The van der Waals surface area contributed by atoms with Crippen LogP contribution in [0.2, 0.25) is 0 Å². The third kappa shape index (κ3) is 4.21. The van der Waals surface area contributed by atoms with E-state index in [4.69, 9.17) is 11.5 Å². The zero-order chi connectivity index (χ0) is 13.1. The van der Waals surface area contributed by atoms with Crippen molar-refractivity contribution in [1.82, 2.24) is 0 Å². The highest BCUT2D eigenvalue weighted by atomic mass is 19.4. The topological polar surface area (TPSA) is 81.1 Å². The van der Waals surface area contributed by atoms with Gasteiger partial charge in [-0.05, 0) is 18.2 Å². The Hall–Kier alpha value is -1.92. The van der Waals surface area contributed by atoms with Gasteiger partial charge in [-0.1, -0.05) is 0 Å². The highest BCUT2D eigenvalue weighted by molar-refractivity contribution is 5.99. The number of carbonyl (C=O) groups excluding carboxylic acids is 1. The second-order valence-electron chi connectivity index (χ2n) is 3.46. The van der Waals surface area contributed by atoms with Gasteiger partial charge in [-0.25, -0.2) is 0 Å². The van der Waals surface area contributed by atoms with Crippen LogP contribution in [0.1, 0.15) is 16.8 Å². The predicted molar refractivity (Wildman–Crippen MR) is 58.5 cm³/mol. The van der Waals surface area contributed by atoms with Gasteiger partial charge in [0, 0.05) is 17.9 Å². The number of hydrogen-bond acceptors (Lipinski definition) is 3. The van der Waals surface area contributed by atoms with Crippen LogP contribution in [0.4, 0.5) is 24.5 Å². The van der Waals surface area contributed by atoms with Gasteiger partial charge in [0.15, 0.2) is 0 Å². The zero-order valence-electron chi connectivity index (χ0n) is 8.84. The van der Waals surface area contributed by atoms with Crippen molar-refractivity contribution in [3.05, 3.63) is 23.8 Å². The van der Waals surface area contributed by atoms with Crippen LogP contribution >= 0.6 is 0 Å². The first-order valence-corrected chi connectivity index (χ1v) is 4.79. The summed E-state index contributed by atoms with van der Waals surface area (Å²) in [6.07, 6.45) is -5.23. The van der Waals surface area contributed by atoms with Crippen molar-refractivity contribution in [3.63, 3.8) is 0 Å². The lowest BCUT2D eigenvalue weighted by Gasteiger charge is -2.12. The Morgan fingerprint density at radius 2 is 2.00 bits per heavy atom. The summed E-state index contributed by atoms with van der Waals surface area (Å²) in [5, 5.41) is 2.50. The normalized spacial score (nSPS) is 11.2. The number of rotatable bonds is 4. The van der Waals surface area contributed by atoms with Crippen LogP contribution in [0.3, 0.4) is 0 Å². The van der Waals surface area contributed by atoms with E-state index in [1.807, 2.05) is 0 Å². The molecule has 0 heterocycles. The maximum Gasteiger partial charge on any atom is 0.390 e. The van der Waals surface area contributed by atoms with Crippen LogP contribution in [0.25, 0.3) is 0 Å². The summed E-state index contributed by atoms with van der Waals surface area (Å²) < 4.78 is 35.8. The molecule has 1 aromatic rings. The standard InChI is InChI=1S/C10H12F3N3O/c11-10(12,13)3-4-16-8-2-1-6(14)5-7(8)9(15)17/h1-2,5,16H,3-4,14H2,(H2,15,17). The van der Waals surface area contributed by atoms with Gasteiger partial charge in [0.05, 0.1) is 12.0 Å². The Morgan fingerprint density at radius 1 is 1.35 bits per heavy atom. The van der Waals surface area contributed by atoms with E-state index in [0.29, 0.717) is 5.69 Å². The minimum Gasteiger partial charge on any atom is -0.399 e. The molecule has 1 aromatic carbocycles. The van der Waals surface area contributed by atoms with Gasteiger partial charge < -0.3 is 16.8 Å². The van der Waals surface area contributed by atoms with Crippen LogP contribution in [-0.2, 0) is 0 Å². The molecule has 0 aliphatic heterocycles. The Kier molecular flexibility index (Phi) is 3.82. The molecule has 0 saturated carbocycles. The van der Waals surface area contributed by atoms with Gasteiger partial charge in [0.25, 0.3) is 5.91 Å². The fraction of sp³-hybridized carbons (Fsp3) is 0.300. The molecule has 0 fully saturated rings. The lowest BCUT2D eigenvalue weighted by molar-refractivity contribution is -0.131. The number of alkyl halides is 3. The van der Waals surface area contributed by atoms with E-state index in [1.165, 1.54) is 18.2 Å². The third-order valence-corrected chi connectivity index (χ3v) is 2.03. The summed E-state index contributed by atoms with van der Waals surface area (Å²) in [4.78, 5) is 11.0. The molecule has 94 valence electrons. The van der Waals surface area contributed by atoms with Crippen molar-refractivity contribution in [3.8, 4) is 0 Å². The number of hydrogen-bond donors (Lipinski definition) is 3. The molecular formula is C10H12F3N3O. The highest BCUT2D eigenvalue weighted by Gasteiger charge is 2.26. The highest BCUT2D eigenvalue weighted by Crippen LogP contribution is 2.22. The Labute approximate surface area is 95.8 Å². The number of nitrogen functional groups attached to an aromatic ring is 1. The number of halogens is 3. The molecule has 4 nitrogen and oxygen atoms in total. The number of primary amides is 1. The molecule has 5 N–H and O–H groups in total. The summed E-state index contributed by atoms with van der Waals surface area (Å²) in [7, 11) is 0. The van der Waals surface area contributed by atoms with Gasteiger partial charge in [0.2, 0.25) is 0 Å². The van der Waals surface area contributed by atoms with Crippen LogP contribution < -0.4 is 16.8 Å². The van der Waals surface area contributed by atoms with Crippen molar-refractivity contribution in [2.45, 2.75) is 12.6 Å². The zero-order valence-corrected chi connectivity index (χ0v) is 8.84. The van der Waals surface area contributed by atoms with Crippen LogP contribution in [-0.4, -0.2) is 18.6 Å². The van der Waals surface area contributed by atoms with Gasteiger partial charge >= 0.3 is 6.18 Å². The second-order valence-corrected chi connectivity index (χ2v) is 3.46. The van der Waals surface area contributed by atoms with Crippen LogP contribution in [0.15, 0.2) is 18.2 Å². The lowest BCUT2D eigenvalue weighted by Crippen LogP contribution is -2.18. The predicted octanol–water partition coefficient (Wildman–Crippen LogP) is 1.73.